The predicted octanol–water partition coefficient (Wildman–Crippen LogP) is 2.96. The molecule has 1 aromatic carbocycles. The molecule has 3 nitrogen and oxygen atoms in total. The molecule has 1 aliphatic heterocycles. The van der Waals surface area contributed by atoms with Crippen LogP contribution in [0.25, 0.3) is 0 Å². The second kappa shape index (κ2) is 7.34. The summed E-state index contributed by atoms with van der Waals surface area (Å²) in [6.07, 6.45) is 0.941. The van der Waals surface area contributed by atoms with Gasteiger partial charge in [0.25, 0.3) is 0 Å². The highest BCUT2D eigenvalue weighted by Crippen LogP contribution is 2.33. The molecule has 2 rings (SSSR count). The van der Waals surface area contributed by atoms with E-state index in [0.717, 1.165) is 49.0 Å². The molecule has 0 aliphatic carbocycles. The first kappa shape index (κ1) is 14.9. The van der Waals surface area contributed by atoms with Crippen molar-refractivity contribution in [2.75, 3.05) is 39.3 Å². The molecule has 0 bridgehead atoms. The van der Waals surface area contributed by atoms with Crippen molar-refractivity contribution in [3.8, 4) is 5.75 Å². The van der Waals surface area contributed by atoms with E-state index in [1.165, 1.54) is 5.56 Å². The van der Waals surface area contributed by atoms with Gasteiger partial charge in [-0.3, -0.25) is 4.90 Å². The van der Waals surface area contributed by atoms with E-state index in [2.05, 4.69) is 4.90 Å². The van der Waals surface area contributed by atoms with Gasteiger partial charge < -0.3 is 9.47 Å². The lowest BCUT2D eigenvalue weighted by atomic mass is 10.1. The van der Waals surface area contributed by atoms with Crippen molar-refractivity contribution in [3.63, 3.8) is 0 Å². The Morgan fingerprint density at radius 3 is 2.95 bits per heavy atom. The first-order chi connectivity index (χ1) is 9.24. The number of halogens is 2. The van der Waals surface area contributed by atoms with Crippen molar-refractivity contribution in [1.29, 1.82) is 0 Å². The SMILES string of the molecule is COCCN(CCCl)Cc1cc(Cl)cc2c1OCC2. The molecule has 0 fully saturated rings. The van der Waals surface area contributed by atoms with Gasteiger partial charge in [0, 0.05) is 49.6 Å². The van der Waals surface area contributed by atoms with Gasteiger partial charge >= 0.3 is 0 Å². The Morgan fingerprint density at radius 2 is 2.21 bits per heavy atom. The third kappa shape index (κ3) is 3.99. The van der Waals surface area contributed by atoms with Gasteiger partial charge in [0.15, 0.2) is 0 Å². The Kier molecular flexibility index (Phi) is 5.76. The number of nitrogens with zero attached hydrogens (tertiary/aromatic N) is 1. The molecule has 19 heavy (non-hydrogen) atoms. The Balaban J connectivity index is 2.12. The van der Waals surface area contributed by atoms with Crippen LogP contribution in [-0.2, 0) is 17.7 Å². The van der Waals surface area contributed by atoms with E-state index in [-0.39, 0.29) is 0 Å². The summed E-state index contributed by atoms with van der Waals surface area (Å²) in [7, 11) is 1.71. The number of hydrogen-bond donors (Lipinski definition) is 0. The lowest BCUT2D eigenvalue weighted by Crippen LogP contribution is -2.29. The van der Waals surface area contributed by atoms with E-state index < -0.39 is 0 Å². The molecule has 1 aliphatic rings. The van der Waals surface area contributed by atoms with Gasteiger partial charge in [-0.25, -0.2) is 0 Å². The van der Waals surface area contributed by atoms with Crippen LogP contribution in [0, 0.1) is 0 Å². The Morgan fingerprint density at radius 1 is 1.37 bits per heavy atom. The minimum atomic E-state index is 0.604. The third-order valence-electron chi connectivity index (χ3n) is 3.23. The minimum absolute atomic E-state index is 0.604. The van der Waals surface area contributed by atoms with Crippen LogP contribution in [0.5, 0.6) is 5.75 Å². The smallest absolute Gasteiger partial charge is 0.127 e. The lowest BCUT2D eigenvalue weighted by molar-refractivity contribution is 0.147. The number of rotatable bonds is 7. The van der Waals surface area contributed by atoms with Crippen LogP contribution >= 0.6 is 23.2 Å². The number of fused-ring (bicyclic) bond motifs is 1. The van der Waals surface area contributed by atoms with E-state index in [1.807, 2.05) is 12.1 Å². The summed E-state index contributed by atoms with van der Waals surface area (Å²) >= 11 is 12.0. The third-order valence-corrected chi connectivity index (χ3v) is 3.62. The van der Waals surface area contributed by atoms with Crippen LogP contribution in [-0.4, -0.2) is 44.2 Å². The average molecular weight is 304 g/mol. The van der Waals surface area contributed by atoms with Gasteiger partial charge in [-0.2, -0.15) is 0 Å². The zero-order valence-electron chi connectivity index (χ0n) is 11.1. The fourth-order valence-corrected chi connectivity index (χ4v) is 2.82. The number of alkyl halides is 1. The van der Waals surface area contributed by atoms with Crippen molar-refractivity contribution in [3.05, 3.63) is 28.3 Å². The normalized spacial score (nSPS) is 13.7. The number of benzene rings is 1. The molecule has 106 valence electrons. The molecule has 0 aromatic heterocycles. The highest BCUT2D eigenvalue weighted by atomic mass is 35.5. The summed E-state index contributed by atoms with van der Waals surface area (Å²) in [5, 5.41) is 0.775. The quantitative estimate of drug-likeness (QED) is 0.723. The summed E-state index contributed by atoms with van der Waals surface area (Å²) in [6, 6.07) is 3.98. The first-order valence-corrected chi connectivity index (χ1v) is 7.37. The highest BCUT2D eigenvalue weighted by molar-refractivity contribution is 6.30. The fourth-order valence-electron chi connectivity index (χ4n) is 2.31. The number of methoxy groups -OCH3 is 1. The van der Waals surface area contributed by atoms with Crippen LogP contribution in [0.15, 0.2) is 12.1 Å². The van der Waals surface area contributed by atoms with Crippen LogP contribution in [0.4, 0.5) is 0 Å². The van der Waals surface area contributed by atoms with Gasteiger partial charge in [-0.15, -0.1) is 11.6 Å². The zero-order chi connectivity index (χ0) is 13.7. The van der Waals surface area contributed by atoms with E-state index in [9.17, 15) is 0 Å². The van der Waals surface area contributed by atoms with Crippen LogP contribution in [0.3, 0.4) is 0 Å². The van der Waals surface area contributed by atoms with Crippen LogP contribution in [0.1, 0.15) is 11.1 Å². The van der Waals surface area contributed by atoms with Gasteiger partial charge in [-0.1, -0.05) is 11.6 Å². The van der Waals surface area contributed by atoms with Gasteiger partial charge in [0.05, 0.1) is 13.2 Å². The maximum atomic E-state index is 6.17. The average Bonchev–Trinajstić information content (AvgIpc) is 2.84. The van der Waals surface area contributed by atoms with E-state index >= 15 is 0 Å². The largest absolute Gasteiger partial charge is 0.493 e. The first-order valence-electron chi connectivity index (χ1n) is 6.46. The highest BCUT2D eigenvalue weighted by Gasteiger charge is 2.19. The molecular formula is C14H19Cl2NO2. The number of ether oxygens (including phenoxy) is 2. The van der Waals surface area contributed by atoms with E-state index in [4.69, 9.17) is 32.7 Å². The Labute approximate surface area is 124 Å². The van der Waals surface area contributed by atoms with Gasteiger partial charge in [0.1, 0.15) is 5.75 Å². The molecular weight excluding hydrogens is 285 g/mol. The maximum Gasteiger partial charge on any atom is 0.127 e. The summed E-state index contributed by atoms with van der Waals surface area (Å²) in [6.45, 7) is 3.91. The number of hydrogen-bond acceptors (Lipinski definition) is 3. The molecule has 1 aromatic rings. The van der Waals surface area contributed by atoms with Gasteiger partial charge in [-0.05, 0) is 17.7 Å². The van der Waals surface area contributed by atoms with Gasteiger partial charge in [0.2, 0.25) is 0 Å². The molecule has 0 saturated heterocycles. The van der Waals surface area contributed by atoms with Crippen molar-refractivity contribution in [1.82, 2.24) is 4.90 Å². The minimum Gasteiger partial charge on any atom is -0.493 e. The summed E-state index contributed by atoms with van der Waals surface area (Å²) in [5.41, 5.74) is 2.35. The molecule has 0 spiro atoms. The van der Waals surface area contributed by atoms with Crippen LogP contribution in [0.2, 0.25) is 5.02 Å². The maximum absolute atomic E-state index is 6.17. The van der Waals surface area contributed by atoms with Crippen molar-refractivity contribution < 1.29 is 9.47 Å². The Bertz CT molecular complexity index is 426. The lowest BCUT2D eigenvalue weighted by Gasteiger charge is -2.22. The van der Waals surface area contributed by atoms with E-state index in [0.29, 0.717) is 12.5 Å². The molecule has 0 unspecified atom stereocenters. The predicted molar refractivity (Wildman–Crippen MR) is 78.5 cm³/mol. The molecule has 0 atom stereocenters. The standard InChI is InChI=1S/C14H19Cl2NO2/c1-18-7-5-17(4-3-15)10-12-9-13(16)8-11-2-6-19-14(11)12/h8-9H,2-7,10H2,1H3. The second-order valence-electron chi connectivity index (χ2n) is 4.61. The molecule has 0 amide bonds. The van der Waals surface area contributed by atoms with Crippen molar-refractivity contribution in [2.24, 2.45) is 0 Å². The van der Waals surface area contributed by atoms with E-state index in [1.54, 1.807) is 7.11 Å². The monoisotopic (exact) mass is 303 g/mol. The molecule has 1 heterocycles. The summed E-state index contributed by atoms with van der Waals surface area (Å²) < 4.78 is 10.8. The zero-order valence-corrected chi connectivity index (χ0v) is 12.6. The Hall–Kier alpha value is -0.480. The summed E-state index contributed by atoms with van der Waals surface area (Å²) in [5.74, 6) is 1.61. The molecule has 0 saturated carbocycles. The molecule has 0 N–H and O–H groups in total. The second-order valence-corrected chi connectivity index (χ2v) is 5.42. The topological polar surface area (TPSA) is 21.7 Å². The van der Waals surface area contributed by atoms with Crippen molar-refractivity contribution >= 4 is 23.2 Å². The van der Waals surface area contributed by atoms with Crippen molar-refractivity contribution in [2.45, 2.75) is 13.0 Å². The molecule has 0 radical (unpaired) electrons. The molecule has 5 heteroatoms. The van der Waals surface area contributed by atoms with Crippen LogP contribution < -0.4 is 4.74 Å². The summed E-state index contributed by atoms with van der Waals surface area (Å²) in [4.78, 5) is 2.25. The fraction of sp³-hybridized carbons (Fsp3) is 0.571.